The smallest absolute Gasteiger partial charge is 0.157 e. The second-order valence-corrected chi connectivity index (χ2v) is 2.71. The Morgan fingerprint density at radius 2 is 2.45 bits per heavy atom. The number of hydrogen-bond donors (Lipinski definition) is 1. The second kappa shape index (κ2) is 4.97. The molecular formula is C9H16NO+. The summed E-state index contributed by atoms with van der Waals surface area (Å²) in [7, 11) is 0. The Morgan fingerprint density at radius 1 is 1.55 bits per heavy atom. The van der Waals surface area contributed by atoms with Crippen molar-refractivity contribution in [2.45, 2.75) is 26.3 Å². The summed E-state index contributed by atoms with van der Waals surface area (Å²) in [6.45, 7) is 4.39. The first kappa shape index (κ1) is 8.34. The van der Waals surface area contributed by atoms with Gasteiger partial charge in [0.05, 0.1) is 12.8 Å². The average molecular weight is 154 g/mol. The zero-order valence-corrected chi connectivity index (χ0v) is 7.05. The maximum Gasteiger partial charge on any atom is 0.157 e. The van der Waals surface area contributed by atoms with Crippen LogP contribution in [0.5, 0.6) is 0 Å². The summed E-state index contributed by atoms with van der Waals surface area (Å²) in [6.07, 6.45) is 4.29. The van der Waals surface area contributed by atoms with Gasteiger partial charge in [-0.05, 0) is 18.6 Å². The van der Waals surface area contributed by atoms with Crippen LogP contribution >= 0.6 is 0 Å². The van der Waals surface area contributed by atoms with E-state index >= 15 is 0 Å². The minimum atomic E-state index is 0.979. The standard InChI is InChI=1S/C9H15NO/c1-2-3-6-10-8-9-5-4-7-11-9/h4-5,7,10H,2-3,6,8H2,1H3/p+1. The first-order valence-corrected chi connectivity index (χ1v) is 4.27. The summed E-state index contributed by atoms with van der Waals surface area (Å²) < 4.78 is 5.18. The summed E-state index contributed by atoms with van der Waals surface area (Å²) in [5.74, 6) is 1.07. The van der Waals surface area contributed by atoms with Gasteiger partial charge in [0.1, 0.15) is 6.54 Å². The highest BCUT2D eigenvalue weighted by molar-refractivity contribution is 4.95. The Bertz CT molecular complexity index is 170. The Labute approximate surface area is 67.6 Å². The Kier molecular flexibility index (Phi) is 3.76. The van der Waals surface area contributed by atoms with Gasteiger partial charge in [-0.3, -0.25) is 0 Å². The molecule has 0 aliphatic rings. The molecule has 2 heteroatoms. The maximum absolute atomic E-state index is 5.18. The fourth-order valence-corrected chi connectivity index (χ4v) is 1.02. The minimum absolute atomic E-state index is 0.979. The molecule has 2 nitrogen and oxygen atoms in total. The van der Waals surface area contributed by atoms with E-state index in [1.165, 1.54) is 19.4 Å². The number of nitrogens with two attached hydrogens (primary N) is 1. The van der Waals surface area contributed by atoms with Gasteiger partial charge < -0.3 is 9.73 Å². The molecule has 0 atom stereocenters. The van der Waals surface area contributed by atoms with E-state index in [0.29, 0.717) is 0 Å². The normalized spacial score (nSPS) is 10.3. The molecule has 0 aliphatic carbocycles. The van der Waals surface area contributed by atoms with Crippen LogP contribution in [0.4, 0.5) is 0 Å². The predicted octanol–water partition coefficient (Wildman–Crippen LogP) is 1.14. The molecule has 0 radical (unpaired) electrons. The number of hydrogen-bond acceptors (Lipinski definition) is 1. The molecule has 0 unspecified atom stereocenters. The van der Waals surface area contributed by atoms with E-state index < -0.39 is 0 Å². The van der Waals surface area contributed by atoms with Gasteiger partial charge in [0, 0.05) is 0 Å². The van der Waals surface area contributed by atoms with Crippen molar-refractivity contribution in [2.75, 3.05) is 6.54 Å². The first-order chi connectivity index (χ1) is 5.43. The van der Waals surface area contributed by atoms with Gasteiger partial charge in [0.25, 0.3) is 0 Å². The lowest BCUT2D eigenvalue weighted by Gasteiger charge is -1.96. The van der Waals surface area contributed by atoms with Gasteiger partial charge in [-0.2, -0.15) is 0 Å². The third-order valence-electron chi connectivity index (χ3n) is 1.69. The summed E-state index contributed by atoms with van der Waals surface area (Å²) in [6, 6.07) is 3.95. The molecule has 2 N–H and O–H groups in total. The van der Waals surface area contributed by atoms with Crippen molar-refractivity contribution < 1.29 is 9.73 Å². The zero-order chi connectivity index (χ0) is 7.94. The monoisotopic (exact) mass is 154 g/mol. The molecule has 1 aromatic heterocycles. The van der Waals surface area contributed by atoms with Gasteiger partial charge in [0.2, 0.25) is 0 Å². The SMILES string of the molecule is CCCC[NH2+]Cc1ccco1. The third-order valence-corrected chi connectivity index (χ3v) is 1.69. The van der Waals surface area contributed by atoms with Gasteiger partial charge in [-0.1, -0.05) is 13.3 Å². The fraction of sp³-hybridized carbons (Fsp3) is 0.556. The van der Waals surface area contributed by atoms with Gasteiger partial charge in [0.15, 0.2) is 5.76 Å². The van der Waals surface area contributed by atoms with Crippen LogP contribution in [0.1, 0.15) is 25.5 Å². The molecular weight excluding hydrogens is 138 g/mol. The summed E-state index contributed by atoms with van der Waals surface area (Å²) in [5.41, 5.74) is 0. The van der Waals surface area contributed by atoms with Crippen LogP contribution in [0.2, 0.25) is 0 Å². The van der Waals surface area contributed by atoms with Crippen LogP contribution in [-0.4, -0.2) is 6.54 Å². The van der Waals surface area contributed by atoms with E-state index in [9.17, 15) is 0 Å². The van der Waals surface area contributed by atoms with Crippen LogP contribution in [0.3, 0.4) is 0 Å². The highest BCUT2D eigenvalue weighted by Crippen LogP contribution is 1.95. The summed E-state index contributed by atoms with van der Waals surface area (Å²) in [4.78, 5) is 0. The minimum Gasteiger partial charge on any atom is -0.463 e. The van der Waals surface area contributed by atoms with Crippen molar-refractivity contribution in [1.82, 2.24) is 0 Å². The molecule has 0 saturated heterocycles. The van der Waals surface area contributed by atoms with Gasteiger partial charge >= 0.3 is 0 Å². The molecule has 1 heterocycles. The van der Waals surface area contributed by atoms with Crippen molar-refractivity contribution in [2.24, 2.45) is 0 Å². The maximum atomic E-state index is 5.18. The molecule has 0 aromatic carbocycles. The molecule has 0 bridgehead atoms. The third kappa shape index (κ3) is 3.23. The predicted molar refractivity (Wildman–Crippen MR) is 44.1 cm³/mol. The highest BCUT2D eigenvalue weighted by Gasteiger charge is 1.95. The molecule has 0 fully saturated rings. The van der Waals surface area contributed by atoms with Crippen LogP contribution in [0, 0.1) is 0 Å². The van der Waals surface area contributed by atoms with Crippen molar-refractivity contribution in [3.8, 4) is 0 Å². The fourth-order valence-electron chi connectivity index (χ4n) is 1.02. The van der Waals surface area contributed by atoms with Crippen LogP contribution in [0.15, 0.2) is 22.8 Å². The lowest BCUT2D eigenvalue weighted by molar-refractivity contribution is -0.672. The molecule has 0 spiro atoms. The quantitative estimate of drug-likeness (QED) is 0.633. The Balaban J connectivity index is 2.04. The molecule has 11 heavy (non-hydrogen) atoms. The van der Waals surface area contributed by atoms with Crippen LogP contribution < -0.4 is 5.32 Å². The van der Waals surface area contributed by atoms with Crippen molar-refractivity contribution in [1.29, 1.82) is 0 Å². The lowest BCUT2D eigenvalue weighted by atomic mass is 10.3. The van der Waals surface area contributed by atoms with Crippen LogP contribution in [0.25, 0.3) is 0 Å². The van der Waals surface area contributed by atoms with Crippen molar-refractivity contribution >= 4 is 0 Å². The highest BCUT2D eigenvalue weighted by atomic mass is 16.3. The largest absolute Gasteiger partial charge is 0.463 e. The number of rotatable bonds is 5. The number of unbranched alkanes of at least 4 members (excludes halogenated alkanes) is 1. The molecule has 1 aromatic rings. The Morgan fingerprint density at radius 3 is 3.09 bits per heavy atom. The molecule has 1 rings (SSSR count). The van der Waals surface area contributed by atoms with Gasteiger partial charge in [-0.15, -0.1) is 0 Å². The topological polar surface area (TPSA) is 29.8 Å². The Hall–Kier alpha value is -0.760. The van der Waals surface area contributed by atoms with E-state index in [0.717, 1.165) is 12.3 Å². The first-order valence-electron chi connectivity index (χ1n) is 4.27. The molecule has 0 aliphatic heterocycles. The number of furan rings is 1. The molecule has 0 saturated carbocycles. The number of quaternary nitrogens is 1. The van der Waals surface area contributed by atoms with Crippen LogP contribution in [-0.2, 0) is 6.54 Å². The van der Waals surface area contributed by atoms with E-state index in [-0.39, 0.29) is 0 Å². The summed E-state index contributed by atoms with van der Waals surface area (Å²) in [5, 5.41) is 2.28. The van der Waals surface area contributed by atoms with Crippen molar-refractivity contribution in [3.05, 3.63) is 24.2 Å². The summed E-state index contributed by atoms with van der Waals surface area (Å²) >= 11 is 0. The van der Waals surface area contributed by atoms with E-state index in [1.807, 2.05) is 12.1 Å². The van der Waals surface area contributed by atoms with E-state index in [1.54, 1.807) is 6.26 Å². The average Bonchev–Trinajstić information content (AvgIpc) is 2.50. The van der Waals surface area contributed by atoms with Crippen molar-refractivity contribution in [3.63, 3.8) is 0 Å². The van der Waals surface area contributed by atoms with E-state index in [4.69, 9.17) is 4.42 Å². The lowest BCUT2D eigenvalue weighted by Crippen LogP contribution is -2.82. The molecule has 62 valence electrons. The molecule has 0 amide bonds. The van der Waals surface area contributed by atoms with Gasteiger partial charge in [-0.25, -0.2) is 0 Å². The van der Waals surface area contributed by atoms with E-state index in [2.05, 4.69) is 12.2 Å². The second-order valence-electron chi connectivity index (χ2n) is 2.71. The zero-order valence-electron chi connectivity index (χ0n) is 7.05.